The summed E-state index contributed by atoms with van der Waals surface area (Å²) in [6.07, 6.45) is 1.11. The van der Waals surface area contributed by atoms with Gasteiger partial charge in [-0.15, -0.1) is 0 Å². The molecule has 0 fully saturated rings. The molecule has 0 aliphatic carbocycles. The first-order chi connectivity index (χ1) is 13.4. The molecule has 1 N–H and O–H groups in total. The van der Waals surface area contributed by atoms with Gasteiger partial charge in [-0.05, 0) is 24.5 Å². The van der Waals surface area contributed by atoms with Crippen LogP contribution < -0.4 is 5.43 Å². The van der Waals surface area contributed by atoms with E-state index in [9.17, 15) is 25.0 Å². The minimum Gasteiger partial charge on any atom is -0.469 e. The first kappa shape index (κ1) is 20.5. The summed E-state index contributed by atoms with van der Waals surface area (Å²) in [6, 6.07) is 12.4. The molecular weight excluding hydrogens is 368 g/mol. The number of hydrogen-bond acceptors (Lipinski definition) is 8. The van der Waals surface area contributed by atoms with Crippen LogP contribution in [0.3, 0.4) is 0 Å². The fourth-order valence-corrected chi connectivity index (χ4v) is 2.40. The molecule has 0 amide bonds. The number of methoxy groups -OCH3 is 1. The van der Waals surface area contributed by atoms with Crippen molar-refractivity contribution < 1.29 is 19.4 Å². The fraction of sp³-hybridized carbons (Fsp3) is 0.222. The van der Waals surface area contributed by atoms with Crippen LogP contribution in [0, 0.1) is 20.2 Å². The number of rotatable bonds is 9. The van der Waals surface area contributed by atoms with Crippen molar-refractivity contribution in [3.8, 4) is 0 Å². The van der Waals surface area contributed by atoms with Gasteiger partial charge in [0.15, 0.2) is 0 Å². The van der Waals surface area contributed by atoms with Gasteiger partial charge in [0.05, 0.1) is 28.7 Å². The van der Waals surface area contributed by atoms with Gasteiger partial charge in [-0.1, -0.05) is 30.3 Å². The summed E-state index contributed by atoms with van der Waals surface area (Å²) < 4.78 is 4.62. The average Bonchev–Trinajstić information content (AvgIpc) is 2.70. The third-order valence-electron chi connectivity index (χ3n) is 3.83. The molecule has 0 spiro atoms. The molecule has 0 unspecified atom stereocenters. The molecule has 0 aromatic heterocycles. The third kappa shape index (κ3) is 5.59. The van der Waals surface area contributed by atoms with E-state index in [2.05, 4.69) is 15.3 Å². The van der Waals surface area contributed by atoms with E-state index in [1.165, 1.54) is 13.2 Å². The second-order valence-corrected chi connectivity index (χ2v) is 5.68. The maximum Gasteiger partial charge on any atom is 0.305 e. The normalized spacial score (nSPS) is 11.0. The number of esters is 1. The third-order valence-corrected chi connectivity index (χ3v) is 3.83. The molecular formula is C18H18N4O6. The van der Waals surface area contributed by atoms with Gasteiger partial charge >= 0.3 is 11.7 Å². The lowest BCUT2D eigenvalue weighted by Crippen LogP contribution is -2.08. The topological polar surface area (TPSA) is 137 Å². The maximum absolute atomic E-state index is 11.3. The first-order valence-electron chi connectivity index (χ1n) is 8.30. The highest BCUT2D eigenvalue weighted by atomic mass is 16.6. The Morgan fingerprint density at radius 3 is 2.39 bits per heavy atom. The van der Waals surface area contributed by atoms with Gasteiger partial charge in [-0.2, -0.15) is 5.10 Å². The number of nitro groups is 2. The van der Waals surface area contributed by atoms with Gasteiger partial charge in [0.25, 0.3) is 5.69 Å². The number of hydrazone groups is 1. The summed E-state index contributed by atoms with van der Waals surface area (Å²) in [7, 11) is 1.31. The van der Waals surface area contributed by atoms with Gasteiger partial charge in [-0.3, -0.25) is 30.4 Å². The smallest absolute Gasteiger partial charge is 0.305 e. The molecule has 0 atom stereocenters. The molecule has 10 nitrogen and oxygen atoms in total. The standard InChI is InChI=1S/C18H18N4O6/c1-28-18(23)9-5-8-15(13-6-3-2-4-7-13)19-20-16-11-10-14(21(24)25)12-17(16)22(26)27/h2-4,6-7,10-12,20H,5,8-9H2,1H3/b19-15+. The lowest BCUT2D eigenvalue weighted by atomic mass is 10.0. The van der Waals surface area contributed by atoms with Crippen LogP contribution in [0.1, 0.15) is 24.8 Å². The van der Waals surface area contributed by atoms with Gasteiger partial charge in [-0.25, -0.2) is 0 Å². The Bertz CT molecular complexity index is 898. The van der Waals surface area contributed by atoms with E-state index < -0.39 is 15.5 Å². The molecule has 146 valence electrons. The highest BCUT2D eigenvalue weighted by molar-refractivity contribution is 6.01. The maximum atomic E-state index is 11.3. The van der Waals surface area contributed by atoms with Gasteiger partial charge < -0.3 is 4.74 Å². The predicted molar refractivity (Wildman–Crippen MR) is 102 cm³/mol. The minimum atomic E-state index is -0.718. The van der Waals surface area contributed by atoms with Crippen LogP contribution in [-0.4, -0.2) is 28.6 Å². The number of nitro benzene ring substituents is 2. The highest BCUT2D eigenvalue weighted by Crippen LogP contribution is 2.29. The molecule has 0 saturated heterocycles. The number of nitrogens with one attached hydrogen (secondary N) is 1. The summed E-state index contributed by atoms with van der Waals surface area (Å²) in [5, 5.41) is 26.3. The van der Waals surface area contributed by atoms with E-state index in [4.69, 9.17) is 0 Å². The number of anilines is 1. The first-order valence-corrected chi connectivity index (χ1v) is 8.30. The van der Waals surface area contributed by atoms with Crippen molar-refractivity contribution in [3.63, 3.8) is 0 Å². The van der Waals surface area contributed by atoms with Crippen LogP contribution in [0.15, 0.2) is 53.6 Å². The molecule has 2 aromatic rings. The molecule has 10 heteroatoms. The largest absolute Gasteiger partial charge is 0.469 e. The van der Waals surface area contributed by atoms with Crippen molar-refractivity contribution in [2.45, 2.75) is 19.3 Å². The zero-order chi connectivity index (χ0) is 20.5. The van der Waals surface area contributed by atoms with Crippen LogP contribution in [0.25, 0.3) is 0 Å². The fourth-order valence-electron chi connectivity index (χ4n) is 2.40. The van der Waals surface area contributed by atoms with E-state index in [-0.39, 0.29) is 23.8 Å². The average molecular weight is 386 g/mol. The van der Waals surface area contributed by atoms with E-state index in [1.807, 2.05) is 30.3 Å². The second-order valence-electron chi connectivity index (χ2n) is 5.68. The van der Waals surface area contributed by atoms with Crippen LogP contribution in [0.2, 0.25) is 0 Å². The lowest BCUT2D eigenvalue weighted by molar-refractivity contribution is -0.393. The number of hydrogen-bond donors (Lipinski definition) is 1. The molecule has 2 rings (SSSR count). The van der Waals surface area contributed by atoms with Gasteiger partial charge in [0, 0.05) is 12.5 Å². The summed E-state index contributed by atoms with van der Waals surface area (Å²) in [5.74, 6) is -0.341. The quantitative estimate of drug-likeness (QED) is 0.300. The summed E-state index contributed by atoms with van der Waals surface area (Å²) in [5.41, 5.74) is 3.16. The van der Waals surface area contributed by atoms with Crippen molar-refractivity contribution >= 4 is 28.7 Å². The number of nitrogens with zero attached hydrogens (tertiary/aromatic N) is 3. The molecule has 0 aliphatic rings. The zero-order valence-electron chi connectivity index (χ0n) is 15.0. The Morgan fingerprint density at radius 2 is 1.79 bits per heavy atom. The number of non-ortho nitro benzene ring substituents is 1. The van der Waals surface area contributed by atoms with Crippen LogP contribution in [0.5, 0.6) is 0 Å². The summed E-state index contributed by atoms with van der Waals surface area (Å²) in [6.45, 7) is 0. The number of benzene rings is 2. The van der Waals surface area contributed by atoms with E-state index in [0.29, 0.717) is 18.6 Å². The van der Waals surface area contributed by atoms with Crippen molar-refractivity contribution in [2.75, 3.05) is 12.5 Å². The van der Waals surface area contributed by atoms with Crippen LogP contribution >= 0.6 is 0 Å². The number of carbonyl (C=O) groups excluding carboxylic acids is 1. The number of ether oxygens (including phenoxy) is 1. The van der Waals surface area contributed by atoms with E-state index in [1.54, 1.807) is 0 Å². The molecule has 28 heavy (non-hydrogen) atoms. The van der Waals surface area contributed by atoms with Gasteiger partial charge in [0.2, 0.25) is 0 Å². The van der Waals surface area contributed by atoms with E-state index >= 15 is 0 Å². The molecule has 2 aromatic carbocycles. The Labute approximate surface area is 160 Å². The Kier molecular flexibility index (Phi) is 7.14. The Hall–Kier alpha value is -3.82. The molecule has 0 aliphatic heterocycles. The van der Waals surface area contributed by atoms with Crippen molar-refractivity contribution in [1.82, 2.24) is 0 Å². The molecule has 0 radical (unpaired) electrons. The van der Waals surface area contributed by atoms with Crippen molar-refractivity contribution in [2.24, 2.45) is 5.10 Å². The van der Waals surface area contributed by atoms with Crippen LogP contribution in [-0.2, 0) is 9.53 Å². The molecule has 0 heterocycles. The highest BCUT2D eigenvalue weighted by Gasteiger charge is 2.19. The van der Waals surface area contributed by atoms with Crippen LogP contribution in [0.4, 0.5) is 17.1 Å². The summed E-state index contributed by atoms with van der Waals surface area (Å²) >= 11 is 0. The molecule has 0 bridgehead atoms. The Morgan fingerprint density at radius 1 is 1.07 bits per heavy atom. The monoisotopic (exact) mass is 386 g/mol. The molecule has 0 saturated carbocycles. The Balaban J connectivity index is 2.27. The van der Waals surface area contributed by atoms with Gasteiger partial charge in [0.1, 0.15) is 5.69 Å². The predicted octanol–water partition coefficient (Wildman–Crippen LogP) is 3.66. The second kappa shape index (κ2) is 9.76. The van der Waals surface area contributed by atoms with Crippen molar-refractivity contribution in [1.29, 1.82) is 0 Å². The zero-order valence-corrected chi connectivity index (χ0v) is 15.0. The minimum absolute atomic E-state index is 0.0250. The lowest BCUT2D eigenvalue weighted by Gasteiger charge is -2.08. The van der Waals surface area contributed by atoms with Crippen molar-refractivity contribution in [3.05, 3.63) is 74.3 Å². The van der Waals surface area contributed by atoms with E-state index in [0.717, 1.165) is 17.7 Å². The summed E-state index contributed by atoms with van der Waals surface area (Å²) in [4.78, 5) is 32.0. The SMILES string of the molecule is COC(=O)CCC/C(=N\Nc1ccc([N+](=O)[O-])cc1[N+](=O)[O-])c1ccccc1. The number of carbonyl (C=O) groups is 1.